The van der Waals surface area contributed by atoms with Gasteiger partial charge < -0.3 is 24.8 Å². The quantitative estimate of drug-likeness (QED) is 0.737. The normalized spacial score (nSPS) is 20.1. The van der Waals surface area contributed by atoms with E-state index >= 15 is 0 Å². The van der Waals surface area contributed by atoms with E-state index in [2.05, 4.69) is 0 Å². The number of aliphatic hydroxyl groups is 1. The van der Waals surface area contributed by atoms with Crippen molar-refractivity contribution >= 4 is 0 Å². The molecule has 2 aromatic rings. The van der Waals surface area contributed by atoms with Gasteiger partial charge in [-0.2, -0.15) is 0 Å². The van der Waals surface area contributed by atoms with E-state index in [1.165, 1.54) is 14.2 Å². The number of hydrogen-bond donors (Lipinski definition) is 3. The summed E-state index contributed by atoms with van der Waals surface area (Å²) >= 11 is 0. The van der Waals surface area contributed by atoms with Gasteiger partial charge in [0.1, 0.15) is 5.75 Å². The molecule has 1 atom stereocenters. The standard InChI is InChI=1S/C22H28O5/c1-22(25)10-5-4-6-15-13-17(20(26-2)21(27-3)19(15)24)16-12-14(9-11-22)7-8-18(16)23/h7-8,12-13,23-25H,4-6,9-11H2,1-3H3/t22-/m1/s1. The van der Waals surface area contributed by atoms with Crippen LogP contribution < -0.4 is 9.47 Å². The predicted octanol–water partition coefficient (Wildman–Crippen LogP) is 4.19. The van der Waals surface area contributed by atoms with Crippen molar-refractivity contribution in [2.24, 2.45) is 0 Å². The van der Waals surface area contributed by atoms with E-state index in [1.54, 1.807) is 6.07 Å². The third-order valence-corrected chi connectivity index (χ3v) is 5.41. The number of phenols is 2. The summed E-state index contributed by atoms with van der Waals surface area (Å²) in [6.07, 6.45) is 4.42. The van der Waals surface area contributed by atoms with E-state index < -0.39 is 5.60 Å². The van der Waals surface area contributed by atoms with Crippen LogP contribution in [0.2, 0.25) is 0 Å². The SMILES string of the molecule is COc1c2cc(c(O)c1OC)CCCC[C@@](C)(O)CCc1ccc(O)c-2c1. The van der Waals surface area contributed by atoms with Gasteiger partial charge in [0, 0.05) is 11.1 Å². The Bertz CT molecular complexity index is 826. The molecule has 0 spiro atoms. The summed E-state index contributed by atoms with van der Waals surface area (Å²) < 4.78 is 10.9. The third-order valence-electron chi connectivity index (χ3n) is 5.41. The van der Waals surface area contributed by atoms with Gasteiger partial charge in [-0.3, -0.25) is 0 Å². The van der Waals surface area contributed by atoms with Crippen molar-refractivity contribution in [2.45, 2.75) is 51.0 Å². The van der Waals surface area contributed by atoms with Gasteiger partial charge in [-0.1, -0.05) is 12.5 Å². The van der Waals surface area contributed by atoms with Gasteiger partial charge in [0.25, 0.3) is 0 Å². The van der Waals surface area contributed by atoms with Crippen LogP contribution in [0.15, 0.2) is 24.3 Å². The maximum absolute atomic E-state index is 10.7. The molecule has 0 radical (unpaired) electrons. The highest BCUT2D eigenvalue weighted by Crippen LogP contribution is 2.48. The summed E-state index contributed by atoms with van der Waals surface area (Å²) in [7, 11) is 3.01. The monoisotopic (exact) mass is 372 g/mol. The minimum atomic E-state index is -0.734. The summed E-state index contributed by atoms with van der Waals surface area (Å²) in [6, 6.07) is 7.32. The lowest BCUT2D eigenvalue weighted by Crippen LogP contribution is -2.24. The average molecular weight is 372 g/mol. The number of ether oxygens (including phenoxy) is 2. The second-order valence-electron chi connectivity index (χ2n) is 7.55. The number of methoxy groups -OCH3 is 2. The molecule has 2 aromatic carbocycles. The molecule has 1 aliphatic rings. The van der Waals surface area contributed by atoms with Crippen molar-refractivity contribution in [3.63, 3.8) is 0 Å². The van der Waals surface area contributed by atoms with Crippen LogP contribution in [0.3, 0.4) is 0 Å². The second kappa shape index (κ2) is 7.69. The fourth-order valence-corrected chi connectivity index (χ4v) is 3.78. The molecule has 3 rings (SSSR count). The Morgan fingerprint density at radius 2 is 1.63 bits per heavy atom. The first kappa shape index (κ1) is 19.4. The van der Waals surface area contributed by atoms with Gasteiger partial charge in [-0.25, -0.2) is 0 Å². The molecule has 0 unspecified atom stereocenters. The lowest BCUT2D eigenvalue weighted by Gasteiger charge is -2.23. The molecule has 5 heteroatoms. The number of aromatic hydroxyl groups is 2. The molecule has 5 nitrogen and oxygen atoms in total. The summed E-state index contributed by atoms with van der Waals surface area (Å²) in [6.45, 7) is 1.87. The molecule has 0 aliphatic heterocycles. The van der Waals surface area contributed by atoms with E-state index in [0.717, 1.165) is 24.0 Å². The van der Waals surface area contributed by atoms with Crippen molar-refractivity contribution in [3.05, 3.63) is 35.4 Å². The van der Waals surface area contributed by atoms with Gasteiger partial charge in [-0.15, -0.1) is 0 Å². The van der Waals surface area contributed by atoms with E-state index in [1.807, 2.05) is 25.1 Å². The number of phenolic OH excluding ortho intramolecular Hbond substituents is 2. The van der Waals surface area contributed by atoms with E-state index in [4.69, 9.17) is 9.47 Å². The highest BCUT2D eigenvalue weighted by atomic mass is 16.5. The first-order valence-corrected chi connectivity index (χ1v) is 9.38. The number of benzene rings is 2. The lowest BCUT2D eigenvalue weighted by molar-refractivity contribution is 0.0398. The first-order valence-electron chi connectivity index (χ1n) is 9.38. The number of aryl methyl sites for hydroxylation is 2. The Morgan fingerprint density at radius 1 is 0.889 bits per heavy atom. The maximum atomic E-state index is 10.7. The Hall–Kier alpha value is -2.40. The zero-order chi connectivity index (χ0) is 19.6. The Kier molecular flexibility index (Phi) is 5.51. The smallest absolute Gasteiger partial charge is 0.203 e. The van der Waals surface area contributed by atoms with E-state index in [-0.39, 0.29) is 17.2 Å². The molecule has 0 heterocycles. The van der Waals surface area contributed by atoms with Crippen LogP contribution in [0.25, 0.3) is 11.1 Å². The molecule has 27 heavy (non-hydrogen) atoms. The Balaban J connectivity index is 2.21. The largest absolute Gasteiger partial charge is 0.507 e. The van der Waals surface area contributed by atoms with Gasteiger partial charge >= 0.3 is 0 Å². The van der Waals surface area contributed by atoms with Crippen molar-refractivity contribution in [2.75, 3.05) is 14.2 Å². The summed E-state index contributed by atoms with van der Waals surface area (Å²) in [5.74, 6) is 0.873. The number of fused-ring (bicyclic) bond motifs is 5. The molecule has 146 valence electrons. The van der Waals surface area contributed by atoms with Gasteiger partial charge in [0.2, 0.25) is 5.75 Å². The minimum Gasteiger partial charge on any atom is -0.507 e. The van der Waals surface area contributed by atoms with Crippen LogP contribution in [0, 0.1) is 0 Å². The van der Waals surface area contributed by atoms with Gasteiger partial charge in [-0.05, 0) is 68.4 Å². The minimum absolute atomic E-state index is 0.0652. The fourth-order valence-electron chi connectivity index (χ4n) is 3.78. The van der Waals surface area contributed by atoms with E-state index in [0.29, 0.717) is 42.6 Å². The number of hydrogen-bond acceptors (Lipinski definition) is 5. The zero-order valence-corrected chi connectivity index (χ0v) is 16.2. The fraction of sp³-hybridized carbons (Fsp3) is 0.455. The molecule has 4 bridgehead atoms. The van der Waals surface area contributed by atoms with Crippen molar-refractivity contribution in [1.29, 1.82) is 0 Å². The maximum Gasteiger partial charge on any atom is 0.203 e. The van der Waals surface area contributed by atoms with Gasteiger partial charge in [0.15, 0.2) is 11.5 Å². The third kappa shape index (κ3) is 3.98. The molecule has 0 aromatic heterocycles. The topological polar surface area (TPSA) is 79.2 Å². The van der Waals surface area contributed by atoms with Crippen molar-refractivity contribution < 1.29 is 24.8 Å². The molecule has 3 N–H and O–H groups in total. The second-order valence-corrected chi connectivity index (χ2v) is 7.55. The van der Waals surface area contributed by atoms with Crippen molar-refractivity contribution in [1.82, 2.24) is 0 Å². The molecule has 1 aliphatic carbocycles. The highest BCUT2D eigenvalue weighted by molar-refractivity contribution is 5.81. The summed E-state index contributed by atoms with van der Waals surface area (Å²) in [5, 5.41) is 31.8. The average Bonchev–Trinajstić information content (AvgIpc) is 2.65. The highest BCUT2D eigenvalue weighted by Gasteiger charge is 2.24. The van der Waals surface area contributed by atoms with Crippen LogP contribution in [0.4, 0.5) is 0 Å². The molecular weight excluding hydrogens is 344 g/mol. The number of rotatable bonds is 2. The van der Waals surface area contributed by atoms with Gasteiger partial charge in [0.05, 0.1) is 19.8 Å². The molecule has 0 saturated heterocycles. The molecular formula is C22H28O5. The first-order chi connectivity index (χ1) is 12.9. The van der Waals surface area contributed by atoms with Crippen LogP contribution in [-0.4, -0.2) is 35.1 Å². The van der Waals surface area contributed by atoms with Crippen LogP contribution in [0.1, 0.15) is 43.7 Å². The van der Waals surface area contributed by atoms with Crippen LogP contribution >= 0.6 is 0 Å². The predicted molar refractivity (Wildman–Crippen MR) is 105 cm³/mol. The lowest BCUT2D eigenvalue weighted by atomic mass is 9.91. The Labute approximate surface area is 160 Å². The van der Waals surface area contributed by atoms with Crippen molar-refractivity contribution in [3.8, 4) is 34.1 Å². The molecule has 0 saturated carbocycles. The summed E-state index contributed by atoms with van der Waals surface area (Å²) in [4.78, 5) is 0. The summed E-state index contributed by atoms with van der Waals surface area (Å²) in [5.41, 5.74) is 2.35. The Morgan fingerprint density at radius 3 is 2.33 bits per heavy atom. The molecule has 0 fully saturated rings. The molecule has 0 amide bonds. The zero-order valence-electron chi connectivity index (χ0n) is 16.2. The van der Waals surface area contributed by atoms with Crippen LogP contribution in [0.5, 0.6) is 23.0 Å². The van der Waals surface area contributed by atoms with E-state index in [9.17, 15) is 15.3 Å². The van der Waals surface area contributed by atoms with Crippen LogP contribution in [-0.2, 0) is 12.8 Å².